The molecule has 0 radical (unpaired) electrons. The molecule has 6 heteroatoms. The molecule has 0 N–H and O–H groups in total. The van der Waals surface area contributed by atoms with Crippen LogP contribution in [0.15, 0.2) is 48.5 Å². The average molecular weight is 355 g/mol. The van der Waals surface area contributed by atoms with Crippen LogP contribution in [0.2, 0.25) is 0 Å². The lowest BCUT2D eigenvalue weighted by Gasteiger charge is -2.16. The highest BCUT2D eigenvalue weighted by Gasteiger charge is 2.24. The summed E-state index contributed by atoms with van der Waals surface area (Å²) >= 11 is 1.35. The molecular formula is C19H17NO4S. The fourth-order valence-electron chi connectivity index (χ4n) is 2.51. The van der Waals surface area contributed by atoms with E-state index in [-0.39, 0.29) is 5.91 Å². The number of hydrogen-bond acceptors (Lipinski definition) is 5. The minimum absolute atomic E-state index is 0.351. The molecule has 0 aliphatic heterocycles. The van der Waals surface area contributed by atoms with E-state index in [9.17, 15) is 9.59 Å². The number of rotatable bonds is 4. The predicted octanol–water partition coefficient (Wildman–Crippen LogP) is 3.83. The first-order chi connectivity index (χ1) is 12.0. The van der Waals surface area contributed by atoms with E-state index < -0.39 is 5.91 Å². The molecule has 5 nitrogen and oxygen atoms in total. The number of thiophene rings is 1. The zero-order valence-electron chi connectivity index (χ0n) is 14.1. The molecule has 0 aliphatic rings. The van der Waals surface area contributed by atoms with Gasteiger partial charge in [0.05, 0.1) is 24.7 Å². The lowest BCUT2D eigenvalue weighted by Crippen LogP contribution is -2.32. The Bertz CT molecular complexity index is 948. The second kappa shape index (κ2) is 6.94. The zero-order valence-corrected chi connectivity index (χ0v) is 14.9. The molecule has 3 rings (SSSR count). The van der Waals surface area contributed by atoms with Gasteiger partial charge in [0, 0.05) is 11.7 Å². The number of amides is 2. The van der Waals surface area contributed by atoms with Gasteiger partial charge in [-0.3, -0.25) is 14.5 Å². The van der Waals surface area contributed by atoms with Crippen LogP contribution in [0.25, 0.3) is 10.1 Å². The number of para-hydroxylation sites is 1. The van der Waals surface area contributed by atoms with Crippen molar-refractivity contribution in [1.29, 1.82) is 0 Å². The minimum Gasteiger partial charge on any atom is -0.497 e. The Morgan fingerprint density at radius 3 is 2.44 bits per heavy atom. The van der Waals surface area contributed by atoms with Gasteiger partial charge in [-0.25, -0.2) is 0 Å². The van der Waals surface area contributed by atoms with Gasteiger partial charge in [-0.2, -0.15) is 0 Å². The summed E-state index contributed by atoms with van der Waals surface area (Å²) in [6, 6.07) is 14.2. The summed E-state index contributed by atoms with van der Waals surface area (Å²) in [5.41, 5.74) is 0.351. The van der Waals surface area contributed by atoms with E-state index >= 15 is 0 Å². The third-order valence-corrected chi connectivity index (χ3v) is 4.98. The molecule has 0 bridgehead atoms. The van der Waals surface area contributed by atoms with Crippen molar-refractivity contribution >= 4 is 33.2 Å². The summed E-state index contributed by atoms with van der Waals surface area (Å²) in [5.74, 6) is 0.407. The number of nitrogens with zero attached hydrogens (tertiary/aromatic N) is 1. The number of carbonyl (C=O) groups excluding carboxylic acids is 2. The van der Waals surface area contributed by atoms with Crippen LogP contribution in [0.5, 0.6) is 11.5 Å². The predicted molar refractivity (Wildman–Crippen MR) is 97.8 cm³/mol. The van der Waals surface area contributed by atoms with Crippen LogP contribution < -0.4 is 9.47 Å². The highest BCUT2D eigenvalue weighted by Crippen LogP contribution is 2.30. The molecule has 0 atom stereocenters. The molecule has 25 heavy (non-hydrogen) atoms. The van der Waals surface area contributed by atoms with Crippen LogP contribution in [-0.2, 0) is 0 Å². The van der Waals surface area contributed by atoms with Crippen LogP contribution in [-0.4, -0.2) is 38.0 Å². The summed E-state index contributed by atoms with van der Waals surface area (Å²) in [6.07, 6.45) is 0. The number of hydrogen-bond donors (Lipinski definition) is 0. The number of imide groups is 1. The van der Waals surface area contributed by atoms with Crippen LogP contribution >= 0.6 is 11.3 Å². The van der Waals surface area contributed by atoms with E-state index in [1.807, 2.05) is 18.2 Å². The van der Waals surface area contributed by atoms with Crippen LogP contribution in [0.3, 0.4) is 0 Å². The van der Waals surface area contributed by atoms with Crippen LogP contribution in [0.1, 0.15) is 20.0 Å². The number of ether oxygens (including phenoxy) is 2. The molecule has 0 spiro atoms. The highest BCUT2D eigenvalue weighted by molar-refractivity contribution is 7.20. The molecule has 0 saturated carbocycles. The first kappa shape index (κ1) is 17.0. The van der Waals surface area contributed by atoms with Gasteiger partial charge < -0.3 is 9.47 Å². The van der Waals surface area contributed by atoms with E-state index in [2.05, 4.69) is 0 Å². The SMILES string of the molecule is COc1ccc2sc(C(=O)N(C)C(=O)c3ccccc3OC)cc2c1. The molecule has 128 valence electrons. The first-order valence-electron chi connectivity index (χ1n) is 7.58. The summed E-state index contributed by atoms with van der Waals surface area (Å²) in [6.45, 7) is 0. The Labute approximate surface area is 149 Å². The van der Waals surface area contributed by atoms with Crippen LogP contribution in [0.4, 0.5) is 0 Å². The summed E-state index contributed by atoms with van der Waals surface area (Å²) < 4.78 is 11.4. The molecule has 0 aliphatic carbocycles. The lowest BCUT2D eigenvalue weighted by atomic mass is 10.1. The Hall–Kier alpha value is -2.86. The van der Waals surface area contributed by atoms with Crippen molar-refractivity contribution in [3.8, 4) is 11.5 Å². The average Bonchev–Trinajstić information content (AvgIpc) is 3.09. The second-order valence-electron chi connectivity index (χ2n) is 5.38. The Morgan fingerprint density at radius 1 is 0.960 bits per heavy atom. The lowest BCUT2D eigenvalue weighted by molar-refractivity contribution is 0.0657. The normalized spacial score (nSPS) is 10.5. The number of carbonyl (C=O) groups is 2. The fraction of sp³-hybridized carbons (Fsp3) is 0.158. The topological polar surface area (TPSA) is 55.8 Å². The molecule has 0 unspecified atom stereocenters. The van der Waals surface area contributed by atoms with Crippen molar-refractivity contribution in [3.63, 3.8) is 0 Å². The summed E-state index contributed by atoms with van der Waals surface area (Å²) in [7, 11) is 4.56. The maximum Gasteiger partial charge on any atom is 0.270 e. The van der Waals surface area contributed by atoms with Gasteiger partial charge in [-0.15, -0.1) is 11.3 Å². The van der Waals surface area contributed by atoms with Gasteiger partial charge >= 0.3 is 0 Å². The number of methoxy groups -OCH3 is 2. The monoisotopic (exact) mass is 355 g/mol. The van der Waals surface area contributed by atoms with Gasteiger partial charge in [0.25, 0.3) is 11.8 Å². The maximum atomic E-state index is 12.7. The zero-order chi connectivity index (χ0) is 18.0. The minimum atomic E-state index is -0.405. The van der Waals surface area contributed by atoms with Crippen molar-refractivity contribution in [3.05, 3.63) is 59.0 Å². The molecule has 3 aromatic rings. The summed E-state index contributed by atoms with van der Waals surface area (Å²) in [4.78, 5) is 27.0. The van der Waals surface area contributed by atoms with E-state index in [1.54, 1.807) is 37.4 Å². The van der Waals surface area contributed by atoms with E-state index in [0.717, 1.165) is 20.7 Å². The van der Waals surface area contributed by atoms with Crippen molar-refractivity contribution in [2.75, 3.05) is 21.3 Å². The maximum absolute atomic E-state index is 12.7. The fourth-order valence-corrected chi connectivity index (χ4v) is 3.53. The van der Waals surface area contributed by atoms with Crippen molar-refractivity contribution < 1.29 is 19.1 Å². The van der Waals surface area contributed by atoms with Gasteiger partial charge in [0.2, 0.25) is 0 Å². The molecular weight excluding hydrogens is 338 g/mol. The third-order valence-electron chi connectivity index (χ3n) is 3.88. The standard InChI is InChI=1S/C19H17NO4S/c1-20(18(21)14-6-4-5-7-15(14)24-3)19(22)17-11-12-10-13(23-2)8-9-16(12)25-17/h4-11H,1-3H3. The van der Waals surface area contributed by atoms with Crippen molar-refractivity contribution in [2.45, 2.75) is 0 Å². The molecule has 2 aromatic carbocycles. The smallest absolute Gasteiger partial charge is 0.270 e. The van der Waals surface area contributed by atoms with Crippen LogP contribution in [0, 0.1) is 0 Å². The van der Waals surface area contributed by atoms with Gasteiger partial charge in [0.1, 0.15) is 11.5 Å². The Kier molecular flexibility index (Phi) is 4.72. The number of fused-ring (bicyclic) bond motifs is 1. The molecule has 0 fully saturated rings. The van der Waals surface area contributed by atoms with E-state index in [1.165, 1.54) is 25.5 Å². The summed E-state index contributed by atoms with van der Waals surface area (Å²) in [5, 5.41) is 0.908. The van der Waals surface area contributed by atoms with Gasteiger partial charge in [-0.05, 0) is 41.8 Å². The van der Waals surface area contributed by atoms with Crippen molar-refractivity contribution in [1.82, 2.24) is 4.90 Å². The highest BCUT2D eigenvalue weighted by atomic mass is 32.1. The molecule has 2 amide bonds. The second-order valence-corrected chi connectivity index (χ2v) is 6.47. The largest absolute Gasteiger partial charge is 0.497 e. The molecule has 1 heterocycles. The van der Waals surface area contributed by atoms with Crippen molar-refractivity contribution in [2.24, 2.45) is 0 Å². The Morgan fingerprint density at radius 2 is 1.72 bits per heavy atom. The van der Waals surface area contributed by atoms with E-state index in [4.69, 9.17) is 9.47 Å². The molecule has 1 aromatic heterocycles. The third kappa shape index (κ3) is 3.21. The number of benzene rings is 2. The Balaban J connectivity index is 1.90. The van der Waals surface area contributed by atoms with Gasteiger partial charge in [-0.1, -0.05) is 12.1 Å². The molecule has 0 saturated heterocycles. The van der Waals surface area contributed by atoms with Gasteiger partial charge in [0.15, 0.2) is 0 Å². The quantitative estimate of drug-likeness (QED) is 0.668. The first-order valence-corrected chi connectivity index (χ1v) is 8.39. The van der Waals surface area contributed by atoms with E-state index in [0.29, 0.717) is 16.2 Å².